The molecule has 1 aliphatic rings. The van der Waals surface area contributed by atoms with E-state index in [1.54, 1.807) is 12.1 Å². The normalized spacial score (nSPS) is 25.8. The minimum Gasteiger partial charge on any atom is -0.378 e. The van der Waals surface area contributed by atoms with Crippen molar-refractivity contribution in [2.24, 2.45) is 11.1 Å². The fourth-order valence-electron chi connectivity index (χ4n) is 2.82. The molecule has 1 saturated carbocycles. The predicted octanol–water partition coefficient (Wildman–Crippen LogP) is 3.54. The van der Waals surface area contributed by atoms with Gasteiger partial charge in [-0.2, -0.15) is 0 Å². The van der Waals surface area contributed by atoms with Crippen molar-refractivity contribution < 1.29 is 9.53 Å². The Balaban J connectivity index is 0.00000242. The van der Waals surface area contributed by atoms with Crippen LogP contribution < -0.4 is 11.1 Å². The zero-order valence-corrected chi connectivity index (χ0v) is 15.0. The van der Waals surface area contributed by atoms with Crippen LogP contribution in [0.5, 0.6) is 0 Å². The second-order valence-electron chi connectivity index (χ2n) is 6.25. The first-order valence-corrected chi connectivity index (χ1v) is 7.58. The van der Waals surface area contributed by atoms with Crippen molar-refractivity contribution >= 4 is 35.6 Å². The standard InChI is InChI=1S/C16H23ClN2O2.ClH/c1-5-21-13-9-16(18,15(13,3)4)14(20)19-12-7-6-11(17)8-10(12)2;/h6-8,13H,5,9,18H2,1-4H3,(H,19,20);1H. The number of hydrogen-bond donors (Lipinski definition) is 2. The molecule has 2 unspecified atom stereocenters. The lowest BCUT2D eigenvalue weighted by atomic mass is 9.54. The highest BCUT2D eigenvalue weighted by Gasteiger charge is 2.62. The summed E-state index contributed by atoms with van der Waals surface area (Å²) >= 11 is 5.93. The Bertz CT molecular complexity index is 563. The summed E-state index contributed by atoms with van der Waals surface area (Å²) in [6, 6.07) is 5.36. The molecular formula is C16H24Cl2N2O2. The summed E-state index contributed by atoms with van der Waals surface area (Å²) in [4.78, 5) is 12.6. The van der Waals surface area contributed by atoms with Gasteiger partial charge in [0.2, 0.25) is 5.91 Å². The summed E-state index contributed by atoms with van der Waals surface area (Å²) < 4.78 is 5.65. The number of amides is 1. The van der Waals surface area contributed by atoms with Crippen LogP contribution in [0.2, 0.25) is 5.02 Å². The predicted molar refractivity (Wildman–Crippen MR) is 92.8 cm³/mol. The minimum atomic E-state index is -0.918. The van der Waals surface area contributed by atoms with Crippen LogP contribution in [0.15, 0.2) is 18.2 Å². The molecular weight excluding hydrogens is 323 g/mol. The molecule has 0 aliphatic heterocycles. The quantitative estimate of drug-likeness (QED) is 0.876. The molecule has 0 aromatic heterocycles. The molecule has 124 valence electrons. The minimum absolute atomic E-state index is 0. The fourth-order valence-corrected chi connectivity index (χ4v) is 3.05. The van der Waals surface area contributed by atoms with Gasteiger partial charge >= 0.3 is 0 Å². The van der Waals surface area contributed by atoms with Crippen LogP contribution in [-0.2, 0) is 9.53 Å². The summed E-state index contributed by atoms with van der Waals surface area (Å²) in [6.45, 7) is 8.43. The van der Waals surface area contributed by atoms with Crippen LogP contribution in [0, 0.1) is 12.3 Å². The second kappa shape index (κ2) is 6.75. The monoisotopic (exact) mass is 346 g/mol. The summed E-state index contributed by atoms with van der Waals surface area (Å²) in [5.41, 5.74) is 6.70. The average molecular weight is 347 g/mol. The van der Waals surface area contributed by atoms with Crippen molar-refractivity contribution in [1.29, 1.82) is 0 Å². The maximum Gasteiger partial charge on any atom is 0.245 e. The number of carbonyl (C=O) groups excluding carboxylic acids is 1. The van der Waals surface area contributed by atoms with E-state index in [1.807, 2.05) is 33.8 Å². The van der Waals surface area contributed by atoms with Gasteiger partial charge in [0, 0.05) is 29.2 Å². The lowest BCUT2D eigenvalue weighted by Gasteiger charge is -2.57. The Morgan fingerprint density at radius 3 is 2.64 bits per heavy atom. The first kappa shape index (κ1) is 19.2. The van der Waals surface area contributed by atoms with E-state index in [1.165, 1.54) is 0 Å². The van der Waals surface area contributed by atoms with Gasteiger partial charge in [-0.1, -0.05) is 25.4 Å². The van der Waals surface area contributed by atoms with Crippen molar-refractivity contribution in [2.75, 3.05) is 11.9 Å². The van der Waals surface area contributed by atoms with E-state index in [0.717, 1.165) is 11.3 Å². The number of carbonyl (C=O) groups is 1. The smallest absolute Gasteiger partial charge is 0.245 e. The Kier molecular flexibility index (Phi) is 5.90. The molecule has 0 bridgehead atoms. The number of ether oxygens (including phenoxy) is 1. The molecule has 0 radical (unpaired) electrons. The van der Waals surface area contributed by atoms with E-state index in [2.05, 4.69) is 5.32 Å². The highest BCUT2D eigenvalue weighted by atomic mass is 35.5. The van der Waals surface area contributed by atoms with Crippen LogP contribution in [0.3, 0.4) is 0 Å². The van der Waals surface area contributed by atoms with Gasteiger partial charge in [0.1, 0.15) is 5.54 Å². The molecule has 2 rings (SSSR count). The molecule has 22 heavy (non-hydrogen) atoms. The average Bonchev–Trinajstić information content (AvgIpc) is 2.41. The van der Waals surface area contributed by atoms with Crippen molar-refractivity contribution in [3.8, 4) is 0 Å². The van der Waals surface area contributed by atoms with Gasteiger partial charge in [-0.05, 0) is 37.6 Å². The van der Waals surface area contributed by atoms with Gasteiger partial charge in [0.25, 0.3) is 0 Å². The number of nitrogens with one attached hydrogen (secondary N) is 1. The van der Waals surface area contributed by atoms with Gasteiger partial charge in [-0.25, -0.2) is 0 Å². The van der Waals surface area contributed by atoms with Gasteiger partial charge < -0.3 is 15.8 Å². The van der Waals surface area contributed by atoms with E-state index in [4.69, 9.17) is 22.1 Å². The van der Waals surface area contributed by atoms with Gasteiger partial charge in [-0.3, -0.25) is 4.79 Å². The number of halogens is 2. The molecule has 1 aromatic rings. The third-order valence-corrected chi connectivity index (χ3v) is 4.91. The second-order valence-corrected chi connectivity index (χ2v) is 6.69. The third-order valence-electron chi connectivity index (χ3n) is 4.67. The highest BCUT2D eigenvalue weighted by molar-refractivity contribution is 6.30. The Morgan fingerprint density at radius 1 is 1.50 bits per heavy atom. The number of rotatable bonds is 4. The van der Waals surface area contributed by atoms with Gasteiger partial charge in [0.15, 0.2) is 0 Å². The van der Waals surface area contributed by atoms with Gasteiger partial charge in [-0.15, -0.1) is 12.4 Å². The zero-order chi connectivity index (χ0) is 15.8. The molecule has 1 aromatic carbocycles. The summed E-state index contributed by atoms with van der Waals surface area (Å²) in [6.07, 6.45) is 0.552. The van der Waals surface area contributed by atoms with Crippen molar-refractivity contribution in [3.63, 3.8) is 0 Å². The lowest BCUT2D eigenvalue weighted by Crippen LogP contribution is -2.74. The van der Waals surface area contributed by atoms with Crippen LogP contribution >= 0.6 is 24.0 Å². The molecule has 0 spiro atoms. The van der Waals surface area contributed by atoms with Crippen LogP contribution in [0.25, 0.3) is 0 Å². The molecule has 6 heteroatoms. The molecule has 0 heterocycles. The number of hydrogen-bond acceptors (Lipinski definition) is 3. The van der Waals surface area contributed by atoms with E-state index in [9.17, 15) is 4.79 Å². The Labute approximate surface area is 143 Å². The molecule has 2 atom stereocenters. The van der Waals surface area contributed by atoms with Crippen molar-refractivity contribution in [3.05, 3.63) is 28.8 Å². The van der Waals surface area contributed by atoms with Crippen LogP contribution in [-0.4, -0.2) is 24.2 Å². The summed E-state index contributed by atoms with van der Waals surface area (Å²) in [5.74, 6) is -0.172. The first-order chi connectivity index (χ1) is 9.72. The fraction of sp³-hybridized carbons (Fsp3) is 0.562. The largest absolute Gasteiger partial charge is 0.378 e. The third kappa shape index (κ3) is 3.11. The van der Waals surface area contributed by atoms with E-state index >= 15 is 0 Å². The van der Waals surface area contributed by atoms with Gasteiger partial charge in [0.05, 0.1) is 6.10 Å². The molecule has 4 nitrogen and oxygen atoms in total. The van der Waals surface area contributed by atoms with E-state index in [0.29, 0.717) is 18.1 Å². The Hall–Kier alpha value is -0.810. The zero-order valence-electron chi connectivity index (χ0n) is 13.4. The van der Waals surface area contributed by atoms with Crippen molar-refractivity contribution in [2.45, 2.75) is 45.8 Å². The summed E-state index contributed by atoms with van der Waals surface area (Å²) in [5, 5.41) is 3.57. The van der Waals surface area contributed by atoms with Crippen molar-refractivity contribution in [1.82, 2.24) is 0 Å². The first-order valence-electron chi connectivity index (χ1n) is 7.20. The number of benzene rings is 1. The molecule has 3 N–H and O–H groups in total. The Morgan fingerprint density at radius 2 is 2.14 bits per heavy atom. The molecule has 1 amide bonds. The highest BCUT2D eigenvalue weighted by Crippen LogP contribution is 2.50. The maximum atomic E-state index is 12.6. The number of nitrogens with two attached hydrogens (primary N) is 1. The maximum absolute atomic E-state index is 12.6. The number of anilines is 1. The van der Waals surface area contributed by atoms with E-state index < -0.39 is 11.0 Å². The lowest BCUT2D eigenvalue weighted by molar-refractivity contribution is -0.166. The topological polar surface area (TPSA) is 64.3 Å². The van der Waals surface area contributed by atoms with Crippen LogP contribution in [0.1, 0.15) is 32.8 Å². The van der Waals surface area contributed by atoms with E-state index in [-0.39, 0.29) is 24.4 Å². The molecule has 1 aliphatic carbocycles. The molecule has 1 fully saturated rings. The van der Waals surface area contributed by atoms with Crippen LogP contribution in [0.4, 0.5) is 5.69 Å². The molecule has 0 saturated heterocycles. The number of aryl methyl sites for hydroxylation is 1. The SMILES string of the molecule is CCOC1CC(N)(C(=O)Nc2ccc(Cl)cc2C)C1(C)C.Cl. The summed E-state index contributed by atoms with van der Waals surface area (Å²) in [7, 11) is 0.